The van der Waals surface area contributed by atoms with E-state index >= 15 is 0 Å². The van der Waals surface area contributed by atoms with Gasteiger partial charge in [0.1, 0.15) is 6.61 Å². The van der Waals surface area contributed by atoms with E-state index in [1.807, 2.05) is 24.3 Å². The Bertz CT molecular complexity index is 908. The summed E-state index contributed by atoms with van der Waals surface area (Å²) < 4.78 is 5.65. The van der Waals surface area contributed by atoms with Gasteiger partial charge in [-0.3, -0.25) is 14.5 Å². The first-order valence-corrected chi connectivity index (χ1v) is 9.92. The Labute approximate surface area is 169 Å². The van der Waals surface area contributed by atoms with E-state index in [-0.39, 0.29) is 31.1 Å². The molecule has 6 nitrogen and oxygen atoms in total. The third-order valence-electron chi connectivity index (χ3n) is 5.78. The Balaban J connectivity index is 1.44. The van der Waals surface area contributed by atoms with Crippen molar-refractivity contribution in [2.45, 2.75) is 37.6 Å². The second kappa shape index (κ2) is 8.07. The number of benzene rings is 2. The molecule has 1 saturated heterocycles. The van der Waals surface area contributed by atoms with Crippen LogP contribution in [0.25, 0.3) is 11.1 Å². The molecule has 0 saturated carbocycles. The molecule has 1 fully saturated rings. The molecule has 0 radical (unpaired) electrons. The summed E-state index contributed by atoms with van der Waals surface area (Å²) in [5.41, 5.74) is 4.59. The summed E-state index contributed by atoms with van der Waals surface area (Å²) in [6, 6.07) is 15.7. The molecular formula is C23H23NO5. The molecule has 0 aromatic heterocycles. The van der Waals surface area contributed by atoms with Crippen molar-refractivity contribution in [3.63, 3.8) is 0 Å². The molecule has 1 aliphatic carbocycles. The van der Waals surface area contributed by atoms with Crippen LogP contribution in [0.3, 0.4) is 0 Å². The van der Waals surface area contributed by atoms with Gasteiger partial charge in [0.2, 0.25) is 0 Å². The monoisotopic (exact) mass is 393 g/mol. The van der Waals surface area contributed by atoms with Gasteiger partial charge in [-0.25, -0.2) is 4.79 Å². The van der Waals surface area contributed by atoms with Gasteiger partial charge in [0.25, 0.3) is 0 Å². The van der Waals surface area contributed by atoms with Crippen LogP contribution in [0.15, 0.2) is 48.5 Å². The number of rotatable bonds is 6. The van der Waals surface area contributed by atoms with Crippen LogP contribution >= 0.6 is 0 Å². The molecule has 2 aromatic carbocycles. The van der Waals surface area contributed by atoms with Crippen LogP contribution in [-0.4, -0.2) is 47.0 Å². The van der Waals surface area contributed by atoms with Crippen LogP contribution in [0.4, 0.5) is 4.79 Å². The maximum Gasteiger partial charge on any atom is 0.410 e. The number of likely N-dealkylation sites (tertiary alicyclic amines) is 1. The van der Waals surface area contributed by atoms with E-state index in [4.69, 9.17) is 9.84 Å². The summed E-state index contributed by atoms with van der Waals surface area (Å²) in [6.07, 6.45) is 0.496. The summed E-state index contributed by atoms with van der Waals surface area (Å²) >= 11 is 0. The van der Waals surface area contributed by atoms with Gasteiger partial charge in [-0.15, -0.1) is 0 Å². The lowest BCUT2D eigenvalue weighted by Gasteiger charge is -2.24. The topological polar surface area (TPSA) is 83.9 Å². The van der Waals surface area contributed by atoms with E-state index < -0.39 is 18.1 Å². The minimum atomic E-state index is -1.01. The number of carboxylic acid groups (broad SMARTS) is 1. The zero-order chi connectivity index (χ0) is 20.4. The Kier molecular flexibility index (Phi) is 5.34. The lowest BCUT2D eigenvalue weighted by molar-refractivity contribution is -0.139. The highest BCUT2D eigenvalue weighted by Gasteiger charge is 2.36. The number of ketones is 1. The highest BCUT2D eigenvalue weighted by Crippen LogP contribution is 2.44. The predicted molar refractivity (Wildman–Crippen MR) is 107 cm³/mol. The Hall–Kier alpha value is -3.15. The number of carbonyl (C=O) groups is 3. The molecule has 1 N–H and O–H groups in total. The Morgan fingerprint density at radius 1 is 0.966 bits per heavy atom. The average Bonchev–Trinajstić information content (AvgIpc) is 3.34. The number of nitrogens with zero attached hydrogens (tertiary/aromatic N) is 1. The summed E-state index contributed by atoms with van der Waals surface area (Å²) in [6.45, 7) is 0.666. The Morgan fingerprint density at radius 3 is 2.21 bits per heavy atom. The van der Waals surface area contributed by atoms with Crippen molar-refractivity contribution in [2.24, 2.45) is 0 Å². The maximum absolute atomic E-state index is 12.7. The van der Waals surface area contributed by atoms with Gasteiger partial charge in [-0.1, -0.05) is 48.5 Å². The number of fused-ring (bicyclic) bond motifs is 3. The number of hydrogen-bond donors (Lipinski definition) is 1. The molecule has 0 spiro atoms. The van der Waals surface area contributed by atoms with Gasteiger partial charge in [-0.2, -0.15) is 0 Å². The summed E-state index contributed by atoms with van der Waals surface area (Å²) in [7, 11) is 0. The van der Waals surface area contributed by atoms with Crippen molar-refractivity contribution >= 4 is 17.8 Å². The first-order chi connectivity index (χ1) is 14.1. The first kappa shape index (κ1) is 19.2. The van der Waals surface area contributed by atoms with Gasteiger partial charge in [0.15, 0.2) is 5.78 Å². The third kappa shape index (κ3) is 3.75. The normalized spacial score (nSPS) is 17.7. The number of carboxylic acids is 1. The second-order valence-electron chi connectivity index (χ2n) is 7.52. The van der Waals surface area contributed by atoms with Crippen molar-refractivity contribution in [1.82, 2.24) is 4.90 Å². The van der Waals surface area contributed by atoms with Crippen LogP contribution in [0.1, 0.15) is 42.7 Å². The molecule has 150 valence electrons. The minimum absolute atomic E-state index is 0.0323. The Morgan fingerprint density at radius 2 is 1.59 bits per heavy atom. The summed E-state index contributed by atoms with van der Waals surface area (Å²) in [5, 5.41) is 8.79. The van der Waals surface area contributed by atoms with Crippen molar-refractivity contribution in [1.29, 1.82) is 0 Å². The lowest BCUT2D eigenvalue weighted by Crippen LogP contribution is -2.41. The summed E-state index contributed by atoms with van der Waals surface area (Å²) in [5.74, 6) is -1.25. The van der Waals surface area contributed by atoms with E-state index in [0.717, 1.165) is 22.3 Å². The largest absolute Gasteiger partial charge is 0.481 e. The standard InChI is InChI=1S/C23H23NO5/c25-21(11-12-22(26)27)20-10-5-13-24(20)23(28)29-14-19-17-8-3-1-6-15(17)16-7-2-4-9-18(16)19/h1-4,6-9,19-20H,5,10-14H2,(H,26,27). The predicted octanol–water partition coefficient (Wildman–Crippen LogP) is 3.83. The maximum atomic E-state index is 12.7. The van der Waals surface area contributed by atoms with Crippen LogP contribution in [0.5, 0.6) is 0 Å². The van der Waals surface area contributed by atoms with E-state index in [0.29, 0.717) is 19.4 Å². The van der Waals surface area contributed by atoms with Crippen molar-refractivity contribution in [2.75, 3.05) is 13.2 Å². The first-order valence-electron chi connectivity index (χ1n) is 9.92. The lowest BCUT2D eigenvalue weighted by atomic mass is 9.98. The number of carbonyl (C=O) groups excluding carboxylic acids is 2. The number of amides is 1. The van der Waals surface area contributed by atoms with Gasteiger partial charge < -0.3 is 9.84 Å². The zero-order valence-corrected chi connectivity index (χ0v) is 16.0. The van der Waals surface area contributed by atoms with Gasteiger partial charge in [0, 0.05) is 18.9 Å². The minimum Gasteiger partial charge on any atom is -0.481 e. The quantitative estimate of drug-likeness (QED) is 0.806. The SMILES string of the molecule is O=C(O)CCC(=O)C1CCCN1C(=O)OCC1c2ccccc2-c2ccccc21. The number of ether oxygens (including phenoxy) is 1. The van der Waals surface area contributed by atoms with E-state index in [1.165, 1.54) is 4.90 Å². The van der Waals surface area contributed by atoms with Crippen molar-refractivity contribution < 1.29 is 24.2 Å². The van der Waals surface area contributed by atoms with E-state index in [1.54, 1.807) is 0 Å². The van der Waals surface area contributed by atoms with Crippen LogP contribution < -0.4 is 0 Å². The van der Waals surface area contributed by atoms with Crippen LogP contribution in [0, 0.1) is 0 Å². The second-order valence-corrected chi connectivity index (χ2v) is 7.52. The fourth-order valence-electron chi connectivity index (χ4n) is 4.39. The van der Waals surface area contributed by atoms with Crippen molar-refractivity contribution in [3.05, 3.63) is 59.7 Å². The highest BCUT2D eigenvalue weighted by atomic mass is 16.6. The zero-order valence-electron chi connectivity index (χ0n) is 16.0. The molecule has 2 aromatic rings. The fourth-order valence-corrected chi connectivity index (χ4v) is 4.39. The molecule has 1 aliphatic heterocycles. The third-order valence-corrected chi connectivity index (χ3v) is 5.78. The summed E-state index contributed by atoms with van der Waals surface area (Å²) in [4.78, 5) is 37.2. The molecule has 2 aliphatic rings. The fraction of sp³-hybridized carbons (Fsp3) is 0.348. The van der Waals surface area contributed by atoms with Crippen molar-refractivity contribution in [3.8, 4) is 11.1 Å². The molecule has 29 heavy (non-hydrogen) atoms. The molecule has 1 atom stereocenters. The highest BCUT2D eigenvalue weighted by molar-refractivity contribution is 5.90. The van der Waals surface area contributed by atoms with E-state index in [9.17, 15) is 14.4 Å². The van der Waals surface area contributed by atoms with Gasteiger partial charge in [0.05, 0.1) is 12.5 Å². The van der Waals surface area contributed by atoms with Crippen LogP contribution in [0.2, 0.25) is 0 Å². The number of Topliss-reactive ketones (excluding diaryl/α,β-unsaturated/α-hetero) is 1. The molecule has 1 heterocycles. The van der Waals surface area contributed by atoms with Gasteiger partial charge >= 0.3 is 12.1 Å². The molecular weight excluding hydrogens is 370 g/mol. The molecule has 6 heteroatoms. The molecule has 1 amide bonds. The van der Waals surface area contributed by atoms with Crippen LogP contribution in [-0.2, 0) is 14.3 Å². The average molecular weight is 393 g/mol. The number of aliphatic carboxylic acids is 1. The van der Waals surface area contributed by atoms with E-state index in [2.05, 4.69) is 24.3 Å². The smallest absolute Gasteiger partial charge is 0.410 e. The van der Waals surface area contributed by atoms with Gasteiger partial charge in [-0.05, 0) is 35.1 Å². The molecule has 0 bridgehead atoms. The molecule has 1 unspecified atom stereocenters. The molecule has 4 rings (SSSR count). The number of hydrogen-bond acceptors (Lipinski definition) is 4.